The molecule has 0 spiro atoms. The summed E-state index contributed by atoms with van der Waals surface area (Å²) in [5.74, 6) is 0.490. The van der Waals surface area contributed by atoms with E-state index < -0.39 is 5.41 Å². The third-order valence-corrected chi connectivity index (χ3v) is 7.45. The van der Waals surface area contributed by atoms with E-state index in [1.54, 1.807) is 24.6 Å². The fourth-order valence-corrected chi connectivity index (χ4v) is 5.57. The number of amides is 1. The average molecular weight is 546 g/mol. The van der Waals surface area contributed by atoms with Crippen LogP contribution in [0.5, 0.6) is 5.75 Å². The topological polar surface area (TPSA) is 66.5 Å². The van der Waals surface area contributed by atoms with Crippen LogP contribution in [0.15, 0.2) is 58.5 Å². The number of rotatable bonds is 5. The maximum absolute atomic E-state index is 12.5. The minimum absolute atomic E-state index is 0.0801. The van der Waals surface area contributed by atoms with Gasteiger partial charge < -0.3 is 20.3 Å². The minimum atomic E-state index is -0.516. The molecule has 3 aromatic rings. The lowest BCUT2D eigenvalue weighted by molar-refractivity contribution is -0.123. The molecule has 1 aliphatic heterocycles. The van der Waals surface area contributed by atoms with E-state index in [0.29, 0.717) is 16.5 Å². The molecule has 0 radical (unpaired) electrons. The zero-order valence-electron chi connectivity index (χ0n) is 18.8. The number of thiocarbonyl (C=S) groups is 1. The smallest absolute Gasteiger partial charge is 0.229 e. The number of thiophene rings is 1. The summed E-state index contributed by atoms with van der Waals surface area (Å²) in [4.78, 5) is 20.3. The van der Waals surface area contributed by atoms with Gasteiger partial charge in [-0.3, -0.25) is 9.78 Å². The van der Waals surface area contributed by atoms with Gasteiger partial charge in [0.1, 0.15) is 5.75 Å². The van der Waals surface area contributed by atoms with Gasteiger partial charge in [-0.15, -0.1) is 11.3 Å². The lowest BCUT2D eigenvalue weighted by atomic mass is 9.95. The SMILES string of the molecule is COc1cc(N2C(=S)N[C@@H](c3ccccn3)[C@H]2c2cc(Br)cs2)ccc1NC(=O)C(C)(C)C. The molecule has 2 aromatic heterocycles. The van der Waals surface area contributed by atoms with E-state index in [1.165, 1.54) is 0 Å². The molecule has 1 aliphatic rings. The normalized spacial score (nSPS) is 18.2. The van der Waals surface area contributed by atoms with Crippen LogP contribution in [-0.2, 0) is 4.79 Å². The first kappa shape index (κ1) is 23.7. The molecule has 6 nitrogen and oxygen atoms in total. The minimum Gasteiger partial charge on any atom is -0.494 e. The lowest BCUT2D eigenvalue weighted by Gasteiger charge is -2.27. The fourth-order valence-electron chi connectivity index (χ4n) is 3.65. The van der Waals surface area contributed by atoms with Crippen LogP contribution in [0.25, 0.3) is 0 Å². The number of ether oxygens (including phenoxy) is 1. The van der Waals surface area contributed by atoms with Gasteiger partial charge in [-0.25, -0.2) is 0 Å². The Morgan fingerprint density at radius 3 is 2.67 bits per heavy atom. The number of carbonyl (C=O) groups excluding carboxylic acids is 1. The first-order valence-corrected chi connectivity index (χ1v) is 12.5. The van der Waals surface area contributed by atoms with Crippen molar-refractivity contribution in [3.63, 3.8) is 0 Å². The van der Waals surface area contributed by atoms with Gasteiger partial charge in [0.15, 0.2) is 5.11 Å². The summed E-state index contributed by atoms with van der Waals surface area (Å²) in [6.45, 7) is 5.62. The standard InChI is InChI=1S/C24H25BrN4O2S2/c1-24(2,3)22(30)27-16-9-8-15(12-18(16)31-4)29-21(19-11-14(25)13-33-19)20(28-23(29)32)17-7-5-6-10-26-17/h5-13,20-21H,1-4H3,(H,27,30)(H,28,32)/t20-,21+/m0/s1. The number of aromatic nitrogens is 1. The Labute approximate surface area is 211 Å². The van der Waals surface area contributed by atoms with Gasteiger partial charge in [0.25, 0.3) is 0 Å². The zero-order valence-corrected chi connectivity index (χ0v) is 22.0. The Morgan fingerprint density at radius 1 is 1.27 bits per heavy atom. The summed E-state index contributed by atoms with van der Waals surface area (Å²) < 4.78 is 6.65. The molecule has 1 saturated heterocycles. The number of methoxy groups -OCH3 is 1. The first-order valence-electron chi connectivity index (χ1n) is 10.4. The number of hydrogen-bond donors (Lipinski definition) is 2. The van der Waals surface area contributed by atoms with Crippen molar-refractivity contribution in [2.75, 3.05) is 17.3 Å². The van der Waals surface area contributed by atoms with Gasteiger partial charge in [-0.2, -0.15) is 0 Å². The third-order valence-electron chi connectivity index (χ3n) is 5.37. The first-order chi connectivity index (χ1) is 15.7. The Kier molecular flexibility index (Phi) is 6.74. The molecule has 0 saturated carbocycles. The summed E-state index contributed by atoms with van der Waals surface area (Å²) >= 11 is 11.0. The highest BCUT2D eigenvalue weighted by molar-refractivity contribution is 9.10. The molecule has 1 fully saturated rings. The van der Waals surface area contributed by atoms with E-state index in [2.05, 4.69) is 47.9 Å². The molecule has 2 N–H and O–H groups in total. The van der Waals surface area contributed by atoms with Crippen molar-refractivity contribution in [1.29, 1.82) is 0 Å². The van der Waals surface area contributed by atoms with Gasteiger partial charge >= 0.3 is 0 Å². The van der Waals surface area contributed by atoms with Crippen LogP contribution in [0.2, 0.25) is 0 Å². The average Bonchev–Trinajstić information content (AvgIpc) is 3.36. The molecular weight excluding hydrogens is 520 g/mol. The van der Waals surface area contributed by atoms with Crippen LogP contribution in [0.1, 0.15) is 43.4 Å². The van der Waals surface area contributed by atoms with E-state index in [4.69, 9.17) is 17.0 Å². The van der Waals surface area contributed by atoms with E-state index in [0.717, 1.165) is 20.7 Å². The largest absolute Gasteiger partial charge is 0.494 e. The number of carbonyl (C=O) groups is 1. The van der Waals surface area contributed by atoms with Gasteiger partial charge in [-0.05, 0) is 58.5 Å². The number of nitrogens with zero attached hydrogens (tertiary/aromatic N) is 2. The van der Waals surface area contributed by atoms with E-state index >= 15 is 0 Å². The van der Waals surface area contributed by atoms with Crippen molar-refractivity contribution in [2.45, 2.75) is 32.9 Å². The monoisotopic (exact) mass is 544 g/mol. The van der Waals surface area contributed by atoms with Crippen molar-refractivity contribution in [3.8, 4) is 5.75 Å². The quantitative estimate of drug-likeness (QED) is 0.379. The molecular formula is C24H25BrN4O2S2. The molecule has 0 aliphatic carbocycles. The Hall–Kier alpha value is -2.49. The summed E-state index contributed by atoms with van der Waals surface area (Å²) in [6.07, 6.45) is 1.79. The highest BCUT2D eigenvalue weighted by Gasteiger charge is 2.41. The Morgan fingerprint density at radius 2 is 2.06 bits per heavy atom. The van der Waals surface area contributed by atoms with Crippen molar-refractivity contribution in [2.24, 2.45) is 5.41 Å². The predicted octanol–water partition coefficient (Wildman–Crippen LogP) is 6.08. The Balaban J connectivity index is 1.74. The zero-order chi connectivity index (χ0) is 23.8. The number of hydrogen-bond acceptors (Lipinski definition) is 5. The van der Waals surface area contributed by atoms with Crippen molar-refractivity contribution < 1.29 is 9.53 Å². The molecule has 0 unspecified atom stereocenters. The Bertz CT molecular complexity index is 1180. The molecule has 172 valence electrons. The number of halogens is 1. The van der Waals surface area contributed by atoms with Crippen LogP contribution in [0, 0.1) is 5.41 Å². The van der Waals surface area contributed by atoms with Gasteiger partial charge in [0, 0.05) is 38.1 Å². The molecule has 3 heterocycles. The molecule has 1 aromatic carbocycles. The van der Waals surface area contributed by atoms with Crippen molar-refractivity contribution in [3.05, 3.63) is 69.1 Å². The summed E-state index contributed by atoms with van der Waals surface area (Å²) in [7, 11) is 1.59. The van der Waals surface area contributed by atoms with Crippen molar-refractivity contribution in [1.82, 2.24) is 10.3 Å². The van der Waals surface area contributed by atoms with Crippen molar-refractivity contribution >= 4 is 61.9 Å². The summed E-state index contributed by atoms with van der Waals surface area (Å²) in [6, 6.07) is 13.5. The van der Waals surface area contributed by atoms with Gasteiger partial charge in [-0.1, -0.05) is 26.8 Å². The summed E-state index contributed by atoms with van der Waals surface area (Å²) in [5.41, 5.74) is 1.89. The molecule has 33 heavy (non-hydrogen) atoms. The lowest BCUT2D eigenvalue weighted by Crippen LogP contribution is -2.29. The molecule has 4 rings (SSSR count). The molecule has 1 amide bonds. The second-order valence-electron chi connectivity index (χ2n) is 8.75. The number of anilines is 2. The maximum Gasteiger partial charge on any atom is 0.229 e. The van der Waals surface area contributed by atoms with Crippen LogP contribution in [0.4, 0.5) is 11.4 Å². The van der Waals surface area contributed by atoms with E-state index in [-0.39, 0.29) is 18.0 Å². The van der Waals surface area contributed by atoms with Crippen LogP contribution >= 0.6 is 39.5 Å². The van der Waals surface area contributed by atoms with Gasteiger partial charge in [0.05, 0.1) is 30.6 Å². The summed E-state index contributed by atoms with van der Waals surface area (Å²) in [5, 5.41) is 9.09. The van der Waals surface area contributed by atoms with Gasteiger partial charge in [0.2, 0.25) is 5.91 Å². The van der Waals surface area contributed by atoms with Crippen LogP contribution < -0.4 is 20.3 Å². The molecule has 9 heteroatoms. The predicted molar refractivity (Wildman–Crippen MR) is 141 cm³/mol. The fraction of sp³-hybridized carbons (Fsp3) is 0.292. The molecule has 0 bridgehead atoms. The number of nitrogens with one attached hydrogen (secondary N) is 2. The second-order valence-corrected chi connectivity index (χ2v) is 11.0. The highest BCUT2D eigenvalue weighted by atomic mass is 79.9. The maximum atomic E-state index is 12.5. The highest BCUT2D eigenvalue weighted by Crippen LogP contribution is 2.45. The third kappa shape index (κ3) is 4.90. The van der Waals surface area contributed by atoms with E-state index in [9.17, 15) is 4.79 Å². The second kappa shape index (κ2) is 9.40. The number of pyridine rings is 1. The number of benzene rings is 1. The van der Waals surface area contributed by atoms with E-state index in [1.807, 2.05) is 57.2 Å². The van der Waals surface area contributed by atoms with Crippen LogP contribution in [-0.4, -0.2) is 23.1 Å². The van der Waals surface area contributed by atoms with Crippen LogP contribution in [0.3, 0.4) is 0 Å². The molecule has 2 atom stereocenters.